The van der Waals surface area contributed by atoms with Crippen molar-refractivity contribution < 1.29 is 4.74 Å². The van der Waals surface area contributed by atoms with Crippen molar-refractivity contribution in [3.63, 3.8) is 0 Å². The van der Waals surface area contributed by atoms with Crippen LogP contribution in [0.15, 0.2) is 41.5 Å². The van der Waals surface area contributed by atoms with Crippen molar-refractivity contribution >= 4 is 29.9 Å². The van der Waals surface area contributed by atoms with Gasteiger partial charge in [0, 0.05) is 19.8 Å². The molecule has 0 aliphatic rings. The molecule has 2 aromatic rings. The molecular weight excluding hydrogens is 429 g/mol. The summed E-state index contributed by atoms with van der Waals surface area (Å²) >= 11 is 0. The number of guanidine groups is 1. The molecular formula is C18H28IN5O. The van der Waals surface area contributed by atoms with Crippen molar-refractivity contribution in [2.75, 3.05) is 6.54 Å². The van der Waals surface area contributed by atoms with Gasteiger partial charge < -0.3 is 15.4 Å². The van der Waals surface area contributed by atoms with E-state index in [-0.39, 0.29) is 30.1 Å². The molecule has 0 amide bonds. The second-order valence-corrected chi connectivity index (χ2v) is 5.81. The van der Waals surface area contributed by atoms with E-state index in [9.17, 15) is 0 Å². The number of nitrogens with one attached hydrogen (secondary N) is 2. The number of hydrogen-bond donors (Lipinski definition) is 2. The molecule has 0 atom stereocenters. The number of ether oxygens (including phenoxy) is 1. The molecule has 7 heteroatoms. The van der Waals surface area contributed by atoms with E-state index in [0.29, 0.717) is 13.1 Å². The first kappa shape index (κ1) is 21.3. The number of aromatic nitrogens is 2. The van der Waals surface area contributed by atoms with Crippen LogP contribution in [0.4, 0.5) is 0 Å². The van der Waals surface area contributed by atoms with Crippen LogP contribution in [0.25, 0.3) is 0 Å². The van der Waals surface area contributed by atoms with Crippen molar-refractivity contribution in [3.05, 3.63) is 47.8 Å². The average Bonchev–Trinajstić information content (AvgIpc) is 2.96. The van der Waals surface area contributed by atoms with Crippen molar-refractivity contribution in [2.24, 2.45) is 12.0 Å². The third kappa shape index (κ3) is 7.33. The molecule has 1 aromatic carbocycles. The normalized spacial score (nSPS) is 11.2. The largest absolute Gasteiger partial charge is 0.491 e. The average molecular weight is 457 g/mol. The summed E-state index contributed by atoms with van der Waals surface area (Å²) in [5, 5.41) is 10.7. The summed E-state index contributed by atoms with van der Waals surface area (Å²) in [4.78, 5) is 4.63. The Hall–Kier alpha value is -1.77. The smallest absolute Gasteiger partial charge is 0.191 e. The van der Waals surface area contributed by atoms with Crippen LogP contribution in [0, 0.1) is 0 Å². The second-order valence-electron chi connectivity index (χ2n) is 5.81. The van der Waals surface area contributed by atoms with Gasteiger partial charge in [-0.1, -0.05) is 12.1 Å². The van der Waals surface area contributed by atoms with Crippen molar-refractivity contribution in [3.8, 4) is 5.75 Å². The van der Waals surface area contributed by atoms with Gasteiger partial charge >= 0.3 is 0 Å². The molecule has 1 heterocycles. The molecule has 25 heavy (non-hydrogen) atoms. The Kier molecular flexibility index (Phi) is 9.33. The van der Waals surface area contributed by atoms with Crippen LogP contribution in [0.5, 0.6) is 5.75 Å². The van der Waals surface area contributed by atoms with Crippen molar-refractivity contribution in [1.29, 1.82) is 0 Å². The quantitative estimate of drug-likeness (QED) is 0.381. The number of benzene rings is 1. The van der Waals surface area contributed by atoms with Gasteiger partial charge in [0.05, 0.1) is 24.9 Å². The Morgan fingerprint density at radius 2 is 1.92 bits per heavy atom. The fourth-order valence-corrected chi connectivity index (χ4v) is 2.21. The fourth-order valence-electron chi connectivity index (χ4n) is 2.21. The first-order valence-corrected chi connectivity index (χ1v) is 8.33. The minimum absolute atomic E-state index is 0. The molecule has 0 bridgehead atoms. The summed E-state index contributed by atoms with van der Waals surface area (Å²) in [6, 6.07) is 10.1. The summed E-state index contributed by atoms with van der Waals surface area (Å²) in [6.45, 7) is 8.22. The van der Waals surface area contributed by atoms with Crippen LogP contribution in [-0.4, -0.2) is 28.4 Å². The van der Waals surface area contributed by atoms with E-state index in [2.05, 4.69) is 27.6 Å². The zero-order chi connectivity index (χ0) is 17.4. The maximum atomic E-state index is 5.66. The lowest BCUT2D eigenvalue weighted by atomic mass is 10.2. The highest BCUT2D eigenvalue weighted by Gasteiger charge is 2.02. The van der Waals surface area contributed by atoms with Gasteiger partial charge in [0.1, 0.15) is 5.75 Å². The highest BCUT2D eigenvalue weighted by molar-refractivity contribution is 14.0. The Morgan fingerprint density at radius 1 is 1.20 bits per heavy atom. The molecule has 0 spiro atoms. The standard InChI is InChI=1S/C18H27N5O.HI/c1-5-19-18(21-13-16-10-11-22-23(16)4)20-12-15-6-8-17(9-7-15)24-14(2)3;/h6-11,14H,5,12-13H2,1-4H3,(H2,19,20,21);1H. The lowest BCUT2D eigenvalue weighted by molar-refractivity contribution is 0.242. The fraction of sp³-hybridized carbons (Fsp3) is 0.444. The number of hydrogen-bond acceptors (Lipinski definition) is 3. The molecule has 0 fully saturated rings. The highest BCUT2D eigenvalue weighted by atomic mass is 127. The molecule has 0 saturated heterocycles. The molecule has 138 valence electrons. The molecule has 1 aromatic heterocycles. The van der Waals surface area contributed by atoms with E-state index >= 15 is 0 Å². The molecule has 0 saturated carbocycles. The number of aryl methyl sites for hydroxylation is 1. The van der Waals surface area contributed by atoms with Crippen LogP contribution in [0.2, 0.25) is 0 Å². The first-order chi connectivity index (χ1) is 11.6. The van der Waals surface area contributed by atoms with E-state index in [0.717, 1.165) is 29.5 Å². The van der Waals surface area contributed by atoms with Crippen LogP contribution in [-0.2, 0) is 20.1 Å². The zero-order valence-electron chi connectivity index (χ0n) is 15.3. The van der Waals surface area contributed by atoms with Gasteiger partial charge in [-0.15, -0.1) is 24.0 Å². The van der Waals surface area contributed by atoms with Crippen LogP contribution < -0.4 is 15.4 Å². The van der Waals surface area contributed by atoms with E-state index < -0.39 is 0 Å². The third-order valence-electron chi connectivity index (χ3n) is 3.42. The topological polar surface area (TPSA) is 63.5 Å². The van der Waals surface area contributed by atoms with E-state index in [4.69, 9.17) is 4.74 Å². The Bertz CT molecular complexity index is 652. The van der Waals surface area contributed by atoms with Gasteiger partial charge in [-0.2, -0.15) is 5.10 Å². The van der Waals surface area contributed by atoms with Crippen LogP contribution >= 0.6 is 24.0 Å². The number of aliphatic imine (C=N–C) groups is 1. The lowest BCUT2D eigenvalue weighted by Crippen LogP contribution is -2.37. The predicted octanol–water partition coefficient (Wildman–Crippen LogP) is 3.08. The molecule has 2 rings (SSSR count). The van der Waals surface area contributed by atoms with E-state index in [1.807, 2.05) is 55.9 Å². The van der Waals surface area contributed by atoms with E-state index in [1.54, 1.807) is 6.20 Å². The van der Waals surface area contributed by atoms with Gasteiger partial charge in [0.25, 0.3) is 0 Å². The maximum absolute atomic E-state index is 5.66. The third-order valence-corrected chi connectivity index (χ3v) is 3.42. The van der Waals surface area contributed by atoms with Crippen LogP contribution in [0.3, 0.4) is 0 Å². The summed E-state index contributed by atoms with van der Waals surface area (Å²) in [7, 11) is 1.93. The number of halogens is 1. The van der Waals surface area contributed by atoms with Gasteiger partial charge in [-0.05, 0) is 44.5 Å². The maximum Gasteiger partial charge on any atom is 0.191 e. The molecule has 6 nitrogen and oxygen atoms in total. The van der Waals surface area contributed by atoms with Gasteiger partial charge in [-0.25, -0.2) is 4.99 Å². The molecule has 0 radical (unpaired) electrons. The SMILES string of the molecule is CCNC(=NCc1ccc(OC(C)C)cc1)NCc1ccnn1C.I. The Balaban J connectivity index is 0.00000312. The van der Waals surface area contributed by atoms with Gasteiger partial charge in [0.15, 0.2) is 5.96 Å². The van der Waals surface area contributed by atoms with Gasteiger partial charge in [-0.3, -0.25) is 4.68 Å². The first-order valence-electron chi connectivity index (χ1n) is 8.33. The predicted molar refractivity (Wildman–Crippen MR) is 112 cm³/mol. The van der Waals surface area contributed by atoms with Crippen LogP contribution in [0.1, 0.15) is 32.0 Å². The monoisotopic (exact) mass is 457 g/mol. The second kappa shape index (κ2) is 11.0. The lowest BCUT2D eigenvalue weighted by Gasteiger charge is -2.12. The molecule has 0 aliphatic heterocycles. The summed E-state index contributed by atoms with van der Waals surface area (Å²) in [6.07, 6.45) is 1.98. The molecule has 0 aliphatic carbocycles. The van der Waals surface area contributed by atoms with Crippen molar-refractivity contribution in [2.45, 2.75) is 40.0 Å². The Labute approximate surface area is 167 Å². The number of nitrogens with zero attached hydrogens (tertiary/aromatic N) is 3. The van der Waals surface area contributed by atoms with E-state index in [1.165, 1.54) is 0 Å². The zero-order valence-corrected chi connectivity index (χ0v) is 17.7. The minimum Gasteiger partial charge on any atom is -0.491 e. The highest BCUT2D eigenvalue weighted by Crippen LogP contribution is 2.14. The minimum atomic E-state index is 0. The summed E-state index contributed by atoms with van der Waals surface area (Å²) in [5.41, 5.74) is 2.25. The van der Waals surface area contributed by atoms with Gasteiger partial charge in [0.2, 0.25) is 0 Å². The Morgan fingerprint density at radius 3 is 2.48 bits per heavy atom. The summed E-state index contributed by atoms with van der Waals surface area (Å²) in [5.74, 6) is 1.68. The van der Waals surface area contributed by atoms with Crippen molar-refractivity contribution in [1.82, 2.24) is 20.4 Å². The number of rotatable bonds is 7. The molecule has 0 unspecified atom stereocenters. The summed E-state index contributed by atoms with van der Waals surface area (Å²) < 4.78 is 7.51. The molecule has 2 N–H and O–H groups in total.